The SMILES string of the molecule is CC.Cc1cnc(N2CC3CC2C3)c(F)c1. The Morgan fingerprint density at radius 3 is 2.56 bits per heavy atom. The second-order valence-corrected chi connectivity index (χ2v) is 4.46. The summed E-state index contributed by atoms with van der Waals surface area (Å²) in [5.41, 5.74) is 0.887. The summed E-state index contributed by atoms with van der Waals surface area (Å²) in [4.78, 5) is 6.31. The molecule has 0 N–H and O–H groups in total. The summed E-state index contributed by atoms with van der Waals surface area (Å²) in [5.74, 6) is 1.18. The predicted molar refractivity (Wildman–Crippen MR) is 64.1 cm³/mol. The number of hydrogen-bond donors (Lipinski definition) is 0. The zero-order valence-electron chi connectivity index (χ0n) is 10.2. The summed E-state index contributed by atoms with van der Waals surface area (Å²) in [6.07, 6.45) is 4.21. The third-order valence-corrected chi connectivity index (χ3v) is 3.34. The fraction of sp³-hybridized carbons (Fsp3) is 0.615. The van der Waals surface area contributed by atoms with E-state index in [1.165, 1.54) is 12.8 Å². The molecule has 3 aliphatic rings. The van der Waals surface area contributed by atoms with E-state index in [-0.39, 0.29) is 5.82 Å². The van der Waals surface area contributed by atoms with Crippen molar-refractivity contribution in [2.45, 2.75) is 39.7 Å². The Balaban J connectivity index is 0.000000457. The van der Waals surface area contributed by atoms with Gasteiger partial charge < -0.3 is 4.90 Å². The van der Waals surface area contributed by atoms with E-state index in [4.69, 9.17) is 0 Å². The molecular formula is C13H19FN2. The molecule has 16 heavy (non-hydrogen) atoms. The molecule has 1 saturated carbocycles. The van der Waals surface area contributed by atoms with Crippen LogP contribution in [0.1, 0.15) is 32.3 Å². The first-order chi connectivity index (χ1) is 7.74. The van der Waals surface area contributed by atoms with Gasteiger partial charge in [0.25, 0.3) is 0 Å². The topological polar surface area (TPSA) is 16.1 Å². The fourth-order valence-electron chi connectivity index (χ4n) is 2.53. The van der Waals surface area contributed by atoms with Crippen molar-refractivity contribution >= 4 is 5.82 Å². The number of aryl methyl sites for hydroxylation is 1. The van der Waals surface area contributed by atoms with Crippen LogP contribution in [0.5, 0.6) is 0 Å². The van der Waals surface area contributed by atoms with E-state index in [0.717, 1.165) is 18.0 Å². The third kappa shape index (κ3) is 1.79. The van der Waals surface area contributed by atoms with Crippen LogP contribution < -0.4 is 4.90 Å². The lowest BCUT2D eigenvalue weighted by atomic mass is 9.86. The number of nitrogens with zero attached hydrogens (tertiary/aromatic N) is 2. The highest BCUT2D eigenvalue weighted by molar-refractivity contribution is 5.45. The zero-order valence-corrected chi connectivity index (χ0v) is 10.2. The van der Waals surface area contributed by atoms with Gasteiger partial charge in [0.05, 0.1) is 0 Å². The molecule has 2 saturated heterocycles. The molecule has 0 unspecified atom stereocenters. The van der Waals surface area contributed by atoms with Crippen molar-refractivity contribution in [2.75, 3.05) is 11.4 Å². The first-order valence-electron chi connectivity index (χ1n) is 6.13. The Hall–Kier alpha value is -1.12. The second kappa shape index (κ2) is 4.40. The smallest absolute Gasteiger partial charge is 0.165 e. The Morgan fingerprint density at radius 1 is 1.38 bits per heavy atom. The molecule has 1 aromatic heterocycles. The van der Waals surface area contributed by atoms with E-state index >= 15 is 0 Å². The highest BCUT2D eigenvalue weighted by Gasteiger charge is 2.43. The van der Waals surface area contributed by atoms with Crippen molar-refractivity contribution in [3.63, 3.8) is 0 Å². The molecule has 2 nitrogen and oxygen atoms in total. The van der Waals surface area contributed by atoms with Gasteiger partial charge in [0.1, 0.15) is 0 Å². The molecule has 3 fully saturated rings. The molecule has 2 aliphatic heterocycles. The van der Waals surface area contributed by atoms with Gasteiger partial charge in [-0.3, -0.25) is 0 Å². The molecule has 2 bridgehead atoms. The van der Waals surface area contributed by atoms with Crippen LogP contribution in [-0.4, -0.2) is 17.6 Å². The standard InChI is InChI=1S/C11H13FN2.C2H6/c1-7-2-10(12)11(13-5-7)14-6-8-3-9(14)4-8;1-2/h2,5,8-9H,3-4,6H2,1H3;1-2H3. The predicted octanol–water partition coefficient (Wildman–Crippen LogP) is 3.15. The maximum atomic E-state index is 13.6. The normalized spacial score (nSPS) is 25.9. The van der Waals surface area contributed by atoms with Crippen molar-refractivity contribution in [1.29, 1.82) is 0 Å². The van der Waals surface area contributed by atoms with Crippen molar-refractivity contribution in [3.05, 3.63) is 23.6 Å². The van der Waals surface area contributed by atoms with Crippen LogP contribution >= 0.6 is 0 Å². The van der Waals surface area contributed by atoms with E-state index in [9.17, 15) is 4.39 Å². The number of rotatable bonds is 1. The molecule has 0 aromatic carbocycles. The number of pyridine rings is 1. The first-order valence-corrected chi connectivity index (χ1v) is 6.13. The van der Waals surface area contributed by atoms with Crippen LogP contribution in [0.2, 0.25) is 0 Å². The lowest BCUT2D eigenvalue weighted by molar-refractivity contribution is 0.380. The van der Waals surface area contributed by atoms with Gasteiger partial charge in [0.15, 0.2) is 11.6 Å². The van der Waals surface area contributed by atoms with Gasteiger partial charge in [-0.05, 0) is 37.3 Å². The average molecular weight is 222 g/mol. The summed E-state index contributed by atoms with van der Waals surface area (Å²) in [6, 6.07) is 2.13. The molecule has 88 valence electrons. The molecule has 4 rings (SSSR count). The molecule has 1 aliphatic carbocycles. The molecule has 3 heteroatoms. The maximum Gasteiger partial charge on any atom is 0.165 e. The minimum atomic E-state index is -0.169. The Bertz CT molecular complexity index is 372. The van der Waals surface area contributed by atoms with Crippen molar-refractivity contribution < 1.29 is 4.39 Å². The quantitative estimate of drug-likeness (QED) is 0.725. The van der Waals surface area contributed by atoms with E-state index < -0.39 is 0 Å². The maximum absolute atomic E-state index is 13.6. The van der Waals surface area contributed by atoms with Gasteiger partial charge in [-0.15, -0.1) is 0 Å². The number of aromatic nitrogens is 1. The van der Waals surface area contributed by atoms with Crippen LogP contribution in [0, 0.1) is 18.7 Å². The lowest BCUT2D eigenvalue weighted by Gasteiger charge is -2.26. The minimum absolute atomic E-state index is 0.169. The van der Waals surface area contributed by atoms with Gasteiger partial charge in [-0.2, -0.15) is 0 Å². The largest absolute Gasteiger partial charge is 0.351 e. The van der Waals surface area contributed by atoms with Gasteiger partial charge >= 0.3 is 0 Å². The van der Waals surface area contributed by atoms with E-state index in [1.807, 2.05) is 20.8 Å². The summed E-state index contributed by atoms with van der Waals surface area (Å²) < 4.78 is 13.6. The van der Waals surface area contributed by atoms with Gasteiger partial charge in [-0.25, -0.2) is 9.37 Å². The minimum Gasteiger partial charge on any atom is -0.351 e. The summed E-state index contributed by atoms with van der Waals surface area (Å²) >= 11 is 0. The molecule has 0 spiro atoms. The molecule has 3 heterocycles. The van der Waals surface area contributed by atoms with Gasteiger partial charge in [-0.1, -0.05) is 13.8 Å². The van der Waals surface area contributed by atoms with Crippen LogP contribution in [0.3, 0.4) is 0 Å². The highest BCUT2D eigenvalue weighted by Crippen LogP contribution is 2.43. The second-order valence-electron chi connectivity index (χ2n) is 4.46. The van der Waals surface area contributed by atoms with Crippen molar-refractivity contribution in [1.82, 2.24) is 4.98 Å². The van der Waals surface area contributed by atoms with E-state index in [2.05, 4.69) is 9.88 Å². The molecule has 1 aromatic rings. The summed E-state index contributed by atoms with van der Waals surface area (Å²) in [5, 5.41) is 0. The van der Waals surface area contributed by atoms with E-state index in [1.54, 1.807) is 12.3 Å². The lowest BCUT2D eigenvalue weighted by Crippen LogP contribution is -2.29. The third-order valence-electron chi connectivity index (χ3n) is 3.34. The Morgan fingerprint density at radius 2 is 2.06 bits per heavy atom. The highest BCUT2D eigenvalue weighted by atomic mass is 19.1. The van der Waals surface area contributed by atoms with Crippen LogP contribution in [-0.2, 0) is 0 Å². The van der Waals surface area contributed by atoms with Gasteiger partial charge in [0.2, 0.25) is 0 Å². The number of halogens is 1. The fourth-order valence-corrected chi connectivity index (χ4v) is 2.53. The molecule has 0 radical (unpaired) electrons. The van der Waals surface area contributed by atoms with Crippen molar-refractivity contribution in [2.24, 2.45) is 5.92 Å². The van der Waals surface area contributed by atoms with E-state index in [0.29, 0.717) is 11.9 Å². The van der Waals surface area contributed by atoms with Crippen LogP contribution in [0.4, 0.5) is 10.2 Å². The monoisotopic (exact) mass is 222 g/mol. The molecule has 0 atom stereocenters. The average Bonchev–Trinajstić information content (AvgIpc) is 2.79. The molecule has 0 amide bonds. The number of hydrogen-bond acceptors (Lipinski definition) is 2. The van der Waals surface area contributed by atoms with Gasteiger partial charge in [0, 0.05) is 18.8 Å². The summed E-state index contributed by atoms with van der Waals surface area (Å²) in [7, 11) is 0. The Labute approximate surface area is 96.5 Å². The molecular weight excluding hydrogens is 203 g/mol. The van der Waals surface area contributed by atoms with Crippen LogP contribution in [0.25, 0.3) is 0 Å². The number of anilines is 1. The van der Waals surface area contributed by atoms with Crippen LogP contribution in [0.15, 0.2) is 12.3 Å². The summed E-state index contributed by atoms with van der Waals surface area (Å²) in [6.45, 7) is 6.86. The zero-order chi connectivity index (χ0) is 11.7. The van der Waals surface area contributed by atoms with Crippen molar-refractivity contribution in [3.8, 4) is 0 Å². The first kappa shape index (κ1) is 11.4. The Kier molecular flexibility index (Phi) is 3.13. The number of fused-ring (bicyclic) bond motifs is 1.